The Morgan fingerprint density at radius 2 is 1.91 bits per heavy atom. The third-order valence-corrected chi connectivity index (χ3v) is 5.73. The van der Waals surface area contributed by atoms with Crippen molar-refractivity contribution in [2.75, 3.05) is 18.2 Å². The van der Waals surface area contributed by atoms with Crippen molar-refractivity contribution in [2.45, 2.75) is 31.6 Å². The van der Waals surface area contributed by atoms with Gasteiger partial charge >= 0.3 is 0 Å². The predicted octanol–water partition coefficient (Wildman–Crippen LogP) is 3.55. The molecule has 2 amide bonds. The van der Waals surface area contributed by atoms with Crippen LogP contribution in [-0.4, -0.2) is 39.4 Å². The van der Waals surface area contributed by atoms with E-state index in [1.54, 1.807) is 18.2 Å². The van der Waals surface area contributed by atoms with Gasteiger partial charge in [0.1, 0.15) is 5.75 Å². The standard InChI is InChI=1S/C22H24ClN5O3S/c1-3-28-19(13-24-20(29)11-15-7-5-4-6-8-15)26-27-22(28)32-14-21(30)25-17-12-16(23)9-10-18(17)31-2/h4-10,12H,3,11,13-14H2,1-2H3,(H,24,29)(H,25,30). The molecule has 3 rings (SSSR count). The second-order valence-corrected chi connectivity index (χ2v) is 8.14. The quantitative estimate of drug-likeness (QED) is 0.437. The molecule has 2 N–H and O–H groups in total. The molecule has 0 spiro atoms. The fraction of sp³-hybridized carbons (Fsp3) is 0.273. The van der Waals surface area contributed by atoms with E-state index < -0.39 is 0 Å². The highest BCUT2D eigenvalue weighted by molar-refractivity contribution is 7.99. The number of amides is 2. The zero-order chi connectivity index (χ0) is 22.9. The van der Waals surface area contributed by atoms with E-state index in [-0.39, 0.29) is 24.1 Å². The normalized spacial score (nSPS) is 10.6. The molecule has 0 aliphatic rings. The molecule has 0 atom stereocenters. The zero-order valence-electron chi connectivity index (χ0n) is 17.8. The summed E-state index contributed by atoms with van der Waals surface area (Å²) in [4.78, 5) is 24.6. The lowest BCUT2D eigenvalue weighted by molar-refractivity contribution is -0.120. The van der Waals surface area contributed by atoms with Crippen LogP contribution in [0.15, 0.2) is 53.7 Å². The Balaban J connectivity index is 1.55. The van der Waals surface area contributed by atoms with Crippen molar-refractivity contribution in [2.24, 2.45) is 0 Å². The van der Waals surface area contributed by atoms with Gasteiger partial charge in [0.2, 0.25) is 11.8 Å². The van der Waals surface area contributed by atoms with Gasteiger partial charge in [-0.15, -0.1) is 10.2 Å². The number of hydrogen-bond acceptors (Lipinski definition) is 6. The number of aromatic nitrogens is 3. The van der Waals surface area contributed by atoms with Crippen LogP contribution in [-0.2, 0) is 29.1 Å². The van der Waals surface area contributed by atoms with Gasteiger partial charge < -0.3 is 19.9 Å². The van der Waals surface area contributed by atoms with Gasteiger partial charge in [-0.1, -0.05) is 53.7 Å². The summed E-state index contributed by atoms with van der Waals surface area (Å²) in [6, 6.07) is 14.5. The van der Waals surface area contributed by atoms with E-state index in [0.29, 0.717) is 40.4 Å². The maximum atomic E-state index is 12.4. The predicted molar refractivity (Wildman–Crippen MR) is 125 cm³/mol. The van der Waals surface area contributed by atoms with Crippen molar-refractivity contribution >= 4 is 40.9 Å². The number of rotatable bonds is 10. The van der Waals surface area contributed by atoms with E-state index in [1.807, 2.05) is 41.8 Å². The molecule has 0 aliphatic heterocycles. The lowest BCUT2D eigenvalue weighted by atomic mass is 10.1. The maximum absolute atomic E-state index is 12.4. The molecule has 1 aromatic heterocycles. The van der Waals surface area contributed by atoms with E-state index in [0.717, 1.165) is 5.56 Å². The number of ether oxygens (including phenoxy) is 1. The Bertz CT molecular complexity index is 1070. The highest BCUT2D eigenvalue weighted by atomic mass is 35.5. The molecule has 1 heterocycles. The summed E-state index contributed by atoms with van der Waals surface area (Å²) in [5.41, 5.74) is 1.45. The number of nitrogens with zero attached hydrogens (tertiary/aromatic N) is 3. The molecule has 168 valence electrons. The van der Waals surface area contributed by atoms with E-state index in [1.165, 1.54) is 18.9 Å². The molecule has 0 saturated carbocycles. The number of thioether (sulfide) groups is 1. The molecule has 32 heavy (non-hydrogen) atoms. The van der Waals surface area contributed by atoms with Crippen LogP contribution in [0.25, 0.3) is 0 Å². The fourth-order valence-corrected chi connectivity index (χ4v) is 3.98. The minimum absolute atomic E-state index is 0.0918. The van der Waals surface area contributed by atoms with Crippen molar-refractivity contribution in [1.29, 1.82) is 0 Å². The van der Waals surface area contributed by atoms with E-state index in [9.17, 15) is 9.59 Å². The van der Waals surface area contributed by atoms with Gasteiger partial charge in [-0.3, -0.25) is 9.59 Å². The molecule has 3 aromatic rings. The highest BCUT2D eigenvalue weighted by Gasteiger charge is 2.15. The third-order valence-electron chi connectivity index (χ3n) is 4.53. The van der Waals surface area contributed by atoms with Crippen molar-refractivity contribution in [3.05, 3.63) is 64.9 Å². The van der Waals surface area contributed by atoms with Gasteiger partial charge in [0, 0.05) is 11.6 Å². The summed E-state index contributed by atoms with van der Waals surface area (Å²) < 4.78 is 7.12. The van der Waals surface area contributed by atoms with Crippen LogP contribution in [0.2, 0.25) is 5.02 Å². The zero-order valence-corrected chi connectivity index (χ0v) is 19.4. The van der Waals surface area contributed by atoms with Crippen molar-refractivity contribution in [3.8, 4) is 5.75 Å². The number of hydrogen-bond donors (Lipinski definition) is 2. The number of anilines is 1. The lowest BCUT2D eigenvalue weighted by Gasteiger charge is -2.11. The lowest BCUT2D eigenvalue weighted by Crippen LogP contribution is -2.26. The maximum Gasteiger partial charge on any atom is 0.234 e. The first kappa shape index (κ1) is 23.6. The molecule has 10 heteroatoms. The average Bonchev–Trinajstić information content (AvgIpc) is 3.19. The monoisotopic (exact) mass is 473 g/mol. The van der Waals surface area contributed by atoms with Crippen molar-refractivity contribution < 1.29 is 14.3 Å². The van der Waals surface area contributed by atoms with Crippen LogP contribution in [0.3, 0.4) is 0 Å². The summed E-state index contributed by atoms with van der Waals surface area (Å²) in [5.74, 6) is 0.977. The van der Waals surface area contributed by atoms with Crippen molar-refractivity contribution in [3.63, 3.8) is 0 Å². The molecular weight excluding hydrogens is 450 g/mol. The molecule has 0 unspecified atom stereocenters. The third kappa shape index (κ3) is 6.48. The minimum atomic E-state index is -0.223. The van der Waals surface area contributed by atoms with Crippen LogP contribution in [0.1, 0.15) is 18.3 Å². The Morgan fingerprint density at radius 3 is 2.62 bits per heavy atom. The van der Waals surface area contributed by atoms with Crippen LogP contribution >= 0.6 is 23.4 Å². The number of halogens is 1. The van der Waals surface area contributed by atoms with E-state index >= 15 is 0 Å². The molecule has 0 radical (unpaired) electrons. The van der Waals surface area contributed by atoms with Gasteiger partial charge in [0.15, 0.2) is 11.0 Å². The van der Waals surface area contributed by atoms with Gasteiger partial charge in [-0.25, -0.2) is 0 Å². The molecule has 2 aromatic carbocycles. The van der Waals surface area contributed by atoms with E-state index in [4.69, 9.17) is 16.3 Å². The number of benzene rings is 2. The summed E-state index contributed by atoms with van der Waals surface area (Å²) in [7, 11) is 1.53. The largest absolute Gasteiger partial charge is 0.495 e. The number of carbonyl (C=O) groups is 2. The van der Waals surface area contributed by atoms with Crippen LogP contribution in [0, 0.1) is 0 Å². The Morgan fingerprint density at radius 1 is 1.12 bits per heavy atom. The van der Waals surface area contributed by atoms with Crippen molar-refractivity contribution in [1.82, 2.24) is 20.1 Å². The summed E-state index contributed by atoms with van der Waals surface area (Å²) in [6.45, 7) is 2.83. The van der Waals surface area contributed by atoms with Crippen LogP contribution in [0.4, 0.5) is 5.69 Å². The fourth-order valence-electron chi connectivity index (χ4n) is 2.99. The number of nitrogens with one attached hydrogen (secondary N) is 2. The second kappa shape index (κ2) is 11.5. The highest BCUT2D eigenvalue weighted by Crippen LogP contribution is 2.28. The molecular formula is C22H24ClN5O3S. The molecule has 0 saturated heterocycles. The van der Waals surface area contributed by atoms with Crippen LogP contribution < -0.4 is 15.4 Å². The summed E-state index contributed by atoms with van der Waals surface area (Å²) in [6.07, 6.45) is 0.301. The van der Waals surface area contributed by atoms with Gasteiger partial charge in [-0.2, -0.15) is 0 Å². The first-order chi connectivity index (χ1) is 15.5. The Labute approximate surface area is 195 Å². The van der Waals surface area contributed by atoms with E-state index in [2.05, 4.69) is 20.8 Å². The molecule has 0 bridgehead atoms. The Hall–Kier alpha value is -3.04. The first-order valence-corrected chi connectivity index (χ1v) is 11.4. The molecule has 0 aliphatic carbocycles. The number of carbonyl (C=O) groups excluding carboxylic acids is 2. The second-order valence-electron chi connectivity index (χ2n) is 6.76. The molecule has 8 nitrogen and oxygen atoms in total. The van der Waals surface area contributed by atoms with Crippen LogP contribution in [0.5, 0.6) is 5.75 Å². The molecule has 0 fully saturated rings. The average molecular weight is 474 g/mol. The smallest absolute Gasteiger partial charge is 0.234 e. The minimum Gasteiger partial charge on any atom is -0.495 e. The summed E-state index contributed by atoms with van der Waals surface area (Å²) in [5, 5.41) is 15.1. The topological polar surface area (TPSA) is 98.1 Å². The van der Waals surface area contributed by atoms with Gasteiger partial charge in [0.25, 0.3) is 0 Å². The van der Waals surface area contributed by atoms with Gasteiger partial charge in [0.05, 0.1) is 31.5 Å². The summed E-state index contributed by atoms with van der Waals surface area (Å²) >= 11 is 7.27. The SMILES string of the molecule is CCn1c(CNC(=O)Cc2ccccc2)nnc1SCC(=O)Nc1cc(Cl)ccc1OC. The number of methoxy groups -OCH3 is 1. The van der Waals surface area contributed by atoms with Gasteiger partial charge in [-0.05, 0) is 30.7 Å². The Kier molecular flexibility index (Phi) is 8.52. The first-order valence-electron chi connectivity index (χ1n) is 9.99.